The van der Waals surface area contributed by atoms with Gasteiger partial charge in [-0.3, -0.25) is 15.0 Å². The van der Waals surface area contributed by atoms with Crippen molar-refractivity contribution < 1.29 is 37.0 Å². The summed E-state index contributed by atoms with van der Waals surface area (Å²) in [6.07, 6.45) is -2.99. The third-order valence-corrected chi connectivity index (χ3v) is 6.60. The van der Waals surface area contributed by atoms with Crippen molar-refractivity contribution >= 4 is 29.3 Å². The monoisotopic (exact) mass is 551 g/mol. The molecule has 15 heteroatoms. The first-order valence-electron chi connectivity index (χ1n) is 12.4. The topological polar surface area (TPSA) is 131 Å². The Morgan fingerprint density at radius 3 is 2.79 bits per heavy atom. The van der Waals surface area contributed by atoms with Crippen LogP contribution in [-0.4, -0.2) is 83.3 Å². The molecule has 0 spiro atoms. The average Bonchev–Trinajstić information content (AvgIpc) is 3.45. The number of amides is 3. The summed E-state index contributed by atoms with van der Waals surface area (Å²) in [6.45, 7) is 6.23. The molecule has 0 aliphatic carbocycles. The Kier molecular flexibility index (Phi) is 6.97. The minimum absolute atomic E-state index is 0.170. The van der Waals surface area contributed by atoms with Gasteiger partial charge in [-0.05, 0) is 39.3 Å². The molecule has 3 atom stereocenters. The Balaban J connectivity index is 1.31. The molecule has 2 aromatic heterocycles. The van der Waals surface area contributed by atoms with E-state index >= 15 is 0 Å². The fourth-order valence-electron chi connectivity index (χ4n) is 4.63. The van der Waals surface area contributed by atoms with Gasteiger partial charge in [0.2, 0.25) is 5.88 Å². The number of urea groups is 1. The van der Waals surface area contributed by atoms with Crippen LogP contribution in [0, 0.1) is 0 Å². The first-order valence-corrected chi connectivity index (χ1v) is 12.4. The number of alkyl halides is 3. The summed E-state index contributed by atoms with van der Waals surface area (Å²) in [5, 5.41) is 4.61. The number of aromatic nitrogens is 3. The SMILES string of the molecule is C[C@@H](NC(=O)c1ccc2c(n1)N(C(=O)Nc1cc(OC[C@H]3COC(C)(C)O3)ncn1)[C@H]1CCN2C1)C(F)(F)F. The van der Waals surface area contributed by atoms with Crippen molar-refractivity contribution in [1.29, 1.82) is 0 Å². The number of carbonyl (C=O) groups is 2. The first-order chi connectivity index (χ1) is 18.4. The second-order valence-corrected chi connectivity index (χ2v) is 9.97. The van der Waals surface area contributed by atoms with Crippen LogP contribution in [0.15, 0.2) is 24.5 Å². The zero-order valence-electron chi connectivity index (χ0n) is 21.5. The molecule has 2 saturated heterocycles. The minimum atomic E-state index is -4.60. The first kappa shape index (κ1) is 26.9. The van der Waals surface area contributed by atoms with Crippen molar-refractivity contribution in [1.82, 2.24) is 20.3 Å². The Labute approximate surface area is 221 Å². The number of nitrogens with one attached hydrogen (secondary N) is 2. The number of anilines is 3. The van der Waals surface area contributed by atoms with Crippen LogP contribution in [-0.2, 0) is 9.47 Å². The predicted molar refractivity (Wildman–Crippen MR) is 132 cm³/mol. The van der Waals surface area contributed by atoms with E-state index in [1.807, 2.05) is 10.2 Å². The van der Waals surface area contributed by atoms with E-state index in [1.54, 1.807) is 19.9 Å². The fraction of sp³-hybridized carbons (Fsp3) is 0.542. The Hall–Kier alpha value is -3.72. The molecule has 5 heterocycles. The minimum Gasteiger partial charge on any atom is -0.475 e. The number of nitrogens with zero attached hydrogens (tertiary/aromatic N) is 5. The molecule has 3 amide bonds. The summed E-state index contributed by atoms with van der Waals surface area (Å²) in [4.78, 5) is 41.8. The lowest BCUT2D eigenvalue weighted by Crippen LogP contribution is -2.49. The maximum Gasteiger partial charge on any atom is 0.408 e. The predicted octanol–water partition coefficient (Wildman–Crippen LogP) is 2.71. The van der Waals surface area contributed by atoms with Gasteiger partial charge >= 0.3 is 12.2 Å². The highest BCUT2D eigenvalue weighted by atomic mass is 19.4. The zero-order valence-corrected chi connectivity index (χ0v) is 21.5. The zero-order chi connectivity index (χ0) is 27.9. The second kappa shape index (κ2) is 10.1. The van der Waals surface area contributed by atoms with E-state index in [0.29, 0.717) is 31.8 Å². The van der Waals surface area contributed by atoms with Crippen LogP contribution >= 0.6 is 0 Å². The maximum absolute atomic E-state index is 13.4. The largest absolute Gasteiger partial charge is 0.475 e. The number of halogens is 3. The Morgan fingerprint density at radius 1 is 1.28 bits per heavy atom. The molecule has 2 aromatic rings. The number of hydrogen-bond acceptors (Lipinski definition) is 9. The lowest BCUT2D eigenvalue weighted by molar-refractivity contribution is -0.149. The molecule has 2 fully saturated rings. The van der Waals surface area contributed by atoms with Gasteiger partial charge in [0.25, 0.3) is 5.91 Å². The van der Waals surface area contributed by atoms with Gasteiger partial charge in [0.15, 0.2) is 11.6 Å². The lowest BCUT2D eigenvalue weighted by atomic mass is 10.1. The molecule has 0 aromatic carbocycles. The van der Waals surface area contributed by atoms with Crippen molar-refractivity contribution in [3.8, 4) is 5.88 Å². The smallest absolute Gasteiger partial charge is 0.408 e. The summed E-state index contributed by atoms with van der Waals surface area (Å²) in [5.74, 6) is -1.11. The van der Waals surface area contributed by atoms with Gasteiger partial charge in [-0.1, -0.05) is 0 Å². The number of rotatable bonds is 6. The number of ether oxygens (including phenoxy) is 3. The molecule has 0 saturated carbocycles. The molecule has 210 valence electrons. The number of fused-ring (bicyclic) bond motifs is 4. The fourth-order valence-corrected chi connectivity index (χ4v) is 4.63. The standard InChI is InChI=1S/C24H28F3N7O5/c1-13(24(25,26)27)30-21(35)16-4-5-17-20(31-16)34(14-6-7-33(17)9-14)22(36)32-18-8-19(29-12-28-18)37-10-15-11-38-23(2,3)39-15/h4-5,8,12-15H,6-7,9-11H2,1-3H3,(H,30,35)(H,28,29,32,36)/t13-,14+,15+/m1/s1. The van der Waals surface area contributed by atoms with Crippen molar-refractivity contribution in [3.63, 3.8) is 0 Å². The Morgan fingerprint density at radius 2 is 2.08 bits per heavy atom. The van der Waals surface area contributed by atoms with E-state index in [4.69, 9.17) is 14.2 Å². The molecule has 0 unspecified atom stereocenters. The lowest BCUT2D eigenvalue weighted by Gasteiger charge is -2.35. The van der Waals surface area contributed by atoms with E-state index in [1.165, 1.54) is 23.4 Å². The molecule has 3 aliphatic heterocycles. The van der Waals surface area contributed by atoms with Gasteiger partial charge < -0.3 is 24.4 Å². The molecule has 12 nitrogen and oxygen atoms in total. The van der Waals surface area contributed by atoms with Gasteiger partial charge in [0.05, 0.1) is 18.3 Å². The van der Waals surface area contributed by atoms with Gasteiger partial charge in [-0.25, -0.2) is 19.7 Å². The highest BCUT2D eigenvalue weighted by Crippen LogP contribution is 2.39. The average molecular weight is 552 g/mol. The van der Waals surface area contributed by atoms with Gasteiger partial charge in [0.1, 0.15) is 36.6 Å². The Bertz CT molecular complexity index is 1260. The normalized spacial score (nSPS) is 22.3. The van der Waals surface area contributed by atoms with Crippen LogP contribution < -0.4 is 25.2 Å². The summed E-state index contributed by atoms with van der Waals surface area (Å²) in [5.41, 5.74) is 0.372. The summed E-state index contributed by atoms with van der Waals surface area (Å²) >= 11 is 0. The van der Waals surface area contributed by atoms with Crippen LogP contribution in [0.3, 0.4) is 0 Å². The van der Waals surface area contributed by atoms with Gasteiger partial charge in [-0.15, -0.1) is 0 Å². The summed E-state index contributed by atoms with van der Waals surface area (Å²) in [6, 6.07) is 1.52. The van der Waals surface area contributed by atoms with Gasteiger partial charge in [-0.2, -0.15) is 13.2 Å². The maximum atomic E-state index is 13.4. The van der Waals surface area contributed by atoms with Crippen molar-refractivity contribution in [2.45, 2.75) is 57.3 Å². The van der Waals surface area contributed by atoms with Crippen LogP contribution in [0.5, 0.6) is 5.88 Å². The van der Waals surface area contributed by atoms with E-state index in [9.17, 15) is 22.8 Å². The van der Waals surface area contributed by atoms with Crippen molar-refractivity contribution in [2.24, 2.45) is 0 Å². The van der Waals surface area contributed by atoms with Crippen LogP contribution in [0.2, 0.25) is 0 Å². The molecule has 3 aliphatic rings. The van der Waals surface area contributed by atoms with E-state index in [2.05, 4.69) is 20.3 Å². The molecule has 2 N–H and O–H groups in total. The summed E-state index contributed by atoms with van der Waals surface area (Å²) in [7, 11) is 0. The number of hydrogen-bond donors (Lipinski definition) is 2. The van der Waals surface area contributed by atoms with E-state index in [-0.39, 0.29) is 42.0 Å². The van der Waals surface area contributed by atoms with Crippen molar-refractivity contribution in [3.05, 3.63) is 30.2 Å². The van der Waals surface area contributed by atoms with Crippen LogP contribution in [0.1, 0.15) is 37.7 Å². The van der Waals surface area contributed by atoms with E-state index < -0.39 is 29.9 Å². The molecule has 0 radical (unpaired) electrons. The molecular weight excluding hydrogens is 523 g/mol. The van der Waals surface area contributed by atoms with E-state index in [0.717, 1.165) is 6.92 Å². The van der Waals surface area contributed by atoms with Crippen LogP contribution in [0.25, 0.3) is 0 Å². The highest BCUT2D eigenvalue weighted by molar-refractivity contribution is 6.05. The van der Waals surface area contributed by atoms with Gasteiger partial charge in [0, 0.05) is 19.2 Å². The molecular formula is C24H28F3N7O5. The molecule has 39 heavy (non-hydrogen) atoms. The molecule has 2 bridgehead atoms. The third kappa shape index (κ3) is 5.83. The van der Waals surface area contributed by atoms with Crippen molar-refractivity contribution in [2.75, 3.05) is 41.4 Å². The summed E-state index contributed by atoms with van der Waals surface area (Å²) < 4.78 is 55.7. The quantitative estimate of drug-likeness (QED) is 0.556. The number of pyridine rings is 1. The number of carbonyl (C=O) groups excluding carboxylic acids is 2. The second-order valence-electron chi connectivity index (χ2n) is 9.97. The highest BCUT2D eigenvalue weighted by Gasteiger charge is 2.41. The van der Waals surface area contributed by atoms with Crippen LogP contribution in [0.4, 0.5) is 35.3 Å². The molecule has 5 rings (SSSR count). The third-order valence-electron chi connectivity index (χ3n) is 6.60.